The van der Waals surface area contributed by atoms with Gasteiger partial charge in [-0.25, -0.2) is 0 Å². The van der Waals surface area contributed by atoms with Gasteiger partial charge in [0.15, 0.2) is 0 Å². The first-order valence-corrected chi connectivity index (χ1v) is 3.90. The second-order valence-electron chi connectivity index (χ2n) is 3.23. The van der Waals surface area contributed by atoms with Gasteiger partial charge in [-0.2, -0.15) is 0 Å². The third-order valence-electron chi connectivity index (χ3n) is 2.33. The Morgan fingerprint density at radius 1 is 1.25 bits per heavy atom. The van der Waals surface area contributed by atoms with E-state index in [0.717, 1.165) is 0 Å². The van der Waals surface area contributed by atoms with E-state index in [4.69, 9.17) is 5.11 Å². The SMILES string of the molecule is C=C1CC(CO)C(O)C(O)C1O. The van der Waals surface area contributed by atoms with E-state index < -0.39 is 24.2 Å². The zero-order valence-electron chi connectivity index (χ0n) is 6.72. The fourth-order valence-corrected chi connectivity index (χ4v) is 1.46. The van der Waals surface area contributed by atoms with Crippen molar-refractivity contribution in [1.29, 1.82) is 0 Å². The second kappa shape index (κ2) is 3.53. The largest absolute Gasteiger partial charge is 0.396 e. The second-order valence-corrected chi connectivity index (χ2v) is 3.23. The molecule has 4 nitrogen and oxygen atoms in total. The van der Waals surface area contributed by atoms with Crippen molar-refractivity contribution in [3.63, 3.8) is 0 Å². The first-order chi connectivity index (χ1) is 5.57. The molecule has 1 aliphatic rings. The molecule has 0 aromatic rings. The van der Waals surface area contributed by atoms with Gasteiger partial charge in [0.1, 0.15) is 12.2 Å². The molecule has 0 amide bonds. The quantitative estimate of drug-likeness (QED) is 0.370. The topological polar surface area (TPSA) is 80.9 Å². The van der Waals surface area contributed by atoms with Crippen LogP contribution in [0.1, 0.15) is 6.42 Å². The highest BCUT2D eigenvalue weighted by Gasteiger charge is 2.37. The lowest BCUT2D eigenvalue weighted by molar-refractivity contribution is -0.0961. The number of aliphatic hydroxyl groups excluding tert-OH is 4. The molecule has 1 aliphatic carbocycles. The predicted octanol–water partition coefficient (Wildman–Crippen LogP) is -1.36. The number of hydrogen-bond acceptors (Lipinski definition) is 4. The summed E-state index contributed by atoms with van der Waals surface area (Å²) in [6.07, 6.45) is -2.99. The van der Waals surface area contributed by atoms with Crippen LogP contribution in [0.4, 0.5) is 0 Å². The Balaban J connectivity index is 2.70. The van der Waals surface area contributed by atoms with Gasteiger partial charge in [-0.3, -0.25) is 0 Å². The lowest BCUT2D eigenvalue weighted by Crippen LogP contribution is -2.48. The predicted molar refractivity (Wildman–Crippen MR) is 42.4 cm³/mol. The van der Waals surface area contributed by atoms with Gasteiger partial charge in [0.2, 0.25) is 0 Å². The van der Waals surface area contributed by atoms with Crippen LogP contribution >= 0.6 is 0 Å². The van der Waals surface area contributed by atoms with Crippen LogP contribution in [0, 0.1) is 5.92 Å². The Kier molecular flexibility index (Phi) is 2.85. The molecule has 0 radical (unpaired) electrons. The van der Waals surface area contributed by atoms with Crippen molar-refractivity contribution in [2.75, 3.05) is 6.61 Å². The van der Waals surface area contributed by atoms with Gasteiger partial charge in [-0.15, -0.1) is 0 Å². The molecule has 70 valence electrons. The molecule has 0 aliphatic heterocycles. The van der Waals surface area contributed by atoms with Crippen LogP contribution in [0.3, 0.4) is 0 Å². The summed E-state index contributed by atoms with van der Waals surface area (Å²) in [6, 6.07) is 0. The molecule has 1 fully saturated rings. The van der Waals surface area contributed by atoms with Crippen LogP contribution in [-0.2, 0) is 0 Å². The van der Waals surface area contributed by atoms with Crippen molar-refractivity contribution >= 4 is 0 Å². The van der Waals surface area contributed by atoms with E-state index in [0.29, 0.717) is 12.0 Å². The van der Waals surface area contributed by atoms with Gasteiger partial charge in [0.05, 0.1) is 6.10 Å². The summed E-state index contributed by atoms with van der Waals surface area (Å²) in [7, 11) is 0. The number of hydrogen-bond donors (Lipinski definition) is 4. The summed E-state index contributed by atoms with van der Waals surface area (Å²) in [6.45, 7) is 3.34. The summed E-state index contributed by atoms with van der Waals surface area (Å²) in [5.74, 6) is -0.407. The minimum Gasteiger partial charge on any atom is -0.396 e. The summed E-state index contributed by atoms with van der Waals surface area (Å²) in [5, 5.41) is 36.6. The first-order valence-electron chi connectivity index (χ1n) is 3.90. The third kappa shape index (κ3) is 1.51. The van der Waals surface area contributed by atoms with Gasteiger partial charge in [0, 0.05) is 12.5 Å². The van der Waals surface area contributed by atoms with Crippen LogP contribution < -0.4 is 0 Å². The molecular formula is C8H14O4. The first kappa shape index (κ1) is 9.67. The van der Waals surface area contributed by atoms with E-state index in [1.165, 1.54) is 0 Å². The zero-order valence-corrected chi connectivity index (χ0v) is 6.72. The van der Waals surface area contributed by atoms with E-state index in [-0.39, 0.29) is 6.61 Å². The summed E-state index contributed by atoms with van der Waals surface area (Å²) in [5.41, 5.74) is 0.465. The molecule has 0 spiro atoms. The van der Waals surface area contributed by atoms with Crippen molar-refractivity contribution < 1.29 is 20.4 Å². The van der Waals surface area contributed by atoms with E-state index >= 15 is 0 Å². The summed E-state index contributed by atoms with van der Waals surface area (Å²) >= 11 is 0. The molecule has 4 unspecified atom stereocenters. The van der Waals surface area contributed by atoms with Crippen molar-refractivity contribution in [3.8, 4) is 0 Å². The molecule has 0 bridgehead atoms. The van der Waals surface area contributed by atoms with Gasteiger partial charge >= 0.3 is 0 Å². The molecule has 12 heavy (non-hydrogen) atoms. The Bertz CT molecular complexity index is 178. The van der Waals surface area contributed by atoms with Gasteiger partial charge in [-0.05, 0) is 12.0 Å². The Labute approximate surface area is 70.8 Å². The highest BCUT2D eigenvalue weighted by molar-refractivity contribution is 5.12. The average Bonchev–Trinajstić information content (AvgIpc) is 2.08. The van der Waals surface area contributed by atoms with Crippen molar-refractivity contribution in [2.45, 2.75) is 24.7 Å². The number of rotatable bonds is 1. The maximum atomic E-state index is 9.31. The molecule has 1 rings (SSSR count). The molecule has 0 saturated heterocycles. The highest BCUT2D eigenvalue weighted by Crippen LogP contribution is 2.28. The fourth-order valence-electron chi connectivity index (χ4n) is 1.46. The standard InChI is InChI=1S/C8H14O4/c1-4-2-5(3-9)7(11)8(12)6(4)10/h5-12H,1-3H2. The normalized spacial score (nSPS) is 43.2. The maximum Gasteiger partial charge on any atom is 0.110 e. The van der Waals surface area contributed by atoms with E-state index in [9.17, 15) is 15.3 Å². The van der Waals surface area contributed by atoms with Crippen LogP contribution in [0.15, 0.2) is 12.2 Å². The molecule has 4 heteroatoms. The summed E-state index contributed by atoms with van der Waals surface area (Å²) < 4.78 is 0. The molecular weight excluding hydrogens is 160 g/mol. The highest BCUT2D eigenvalue weighted by atomic mass is 16.4. The van der Waals surface area contributed by atoms with E-state index in [2.05, 4.69) is 6.58 Å². The minimum absolute atomic E-state index is 0.204. The Hall–Kier alpha value is -0.420. The van der Waals surface area contributed by atoms with Crippen LogP contribution in [0.25, 0.3) is 0 Å². The van der Waals surface area contributed by atoms with Crippen LogP contribution in [0.2, 0.25) is 0 Å². The molecule has 0 aromatic carbocycles. The lowest BCUT2D eigenvalue weighted by Gasteiger charge is -2.35. The van der Waals surface area contributed by atoms with Gasteiger partial charge in [-0.1, -0.05) is 6.58 Å². The molecule has 4 N–H and O–H groups in total. The zero-order chi connectivity index (χ0) is 9.30. The Morgan fingerprint density at radius 3 is 2.33 bits per heavy atom. The van der Waals surface area contributed by atoms with E-state index in [1.54, 1.807) is 0 Å². The maximum absolute atomic E-state index is 9.31. The number of aliphatic hydroxyl groups is 4. The van der Waals surface area contributed by atoms with Gasteiger partial charge < -0.3 is 20.4 Å². The smallest absolute Gasteiger partial charge is 0.110 e. The molecule has 4 atom stereocenters. The van der Waals surface area contributed by atoms with E-state index in [1.807, 2.05) is 0 Å². The molecule has 1 saturated carbocycles. The fraction of sp³-hybridized carbons (Fsp3) is 0.750. The monoisotopic (exact) mass is 174 g/mol. The average molecular weight is 174 g/mol. The van der Waals surface area contributed by atoms with Gasteiger partial charge in [0.25, 0.3) is 0 Å². The van der Waals surface area contributed by atoms with Crippen LogP contribution in [0.5, 0.6) is 0 Å². The molecule has 0 heterocycles. The molecule has 0 aromatic heterocycles. The third-order valence-corrected chi connectivity index (χ3v) is 2.33. The lowest BCUT2D eigenvalue weighted by atomic mass is 9.80. The van der Waals surface area contributed by atoms with Crippen LogP contribution in [-0.4, -0.2) is 45.3 Å². The van der Waals surface area contributed by atoms with Crippen molar-refractivity contribution in [3.05, 3.63) is 12.2 Å². The minimum atomic E-state index is -1.22. The summed E-state index contributed by atoms with van der Waals surface area (Å²) in [4.78, 5) is 0. The Morgan fingerprint density at radius 2 is 1.83 bits per heavy atom. The van der Waals surface area contributed by atoms with Crippen molar-refractivity contribution in [2.24, 2.45) is 5.92 Å². The van der Waals surface area contributed by atoms with Crippen molar-refractivity contribution in [1.82, 2.24) is 0 Å².